The van der Waals surface area contributed by atoms with Crippen molar-refractivity contribution in [2.45, 2.75) is 0 Å². The van der Waals surface area contributed by atoms with E-state index in [1.807, 2.05) is 30.3 Å². The van der Waals surface area contributed by atoms with Crippen LogP contribution >= 0.6 is 0 Å². The number of hydrogen-bond donors (Lipinski definition) is 1. The monoisotopic (exact) mass is 449 g/mol. The third-order valence-corrected chi connectivity index (χ3v) is 5.38. The number of rotatable bonds is 6. The molecule has 1 amide bonds. The van der Waals surface area contributed by atoms with Gasteiger partial charge in [-0.2, -0.15) is 0 Å². The van der Waals surface area contributed by atoms with E-state index in [4.69, 9.17) is 9.47 Å². The van der Waals surface area contributed by atoms with E-state index < -0.39 is 0 Å². The standard InChI is InChI=1S/C28H19NO5/c30-26(17-33-19-11-13-21(14-12-19)34-20-6-2-1-3-7-20)29-18-10-15-24-25(16-18)28(32)23-9-5-4-8-22(23)27(24)31/h1-16H,17H2,(H,29,30). The Labute approximate surface area is 195 Å². The molecule has 0 aliphatic heterocycles. The Hall–Kier alpha value is -4.71. The lowest BCUT2D eigenvalue weighted by molar-refractivity contribution is -0.118. The molecule has 6 nitrogen and oxygen atoms in total. The molecule has 0 saturated heterocycles. The normalized spacial score (nSPS) is 11.9. The Balaban J connectivity index is 1.21. The van der Waals surface area contributed by atoms with Gasteiger partial charge < -0.3 is 14.8 Å². The van der Waals surface area contributed by atoms with E-state index in [1.165, 1.54) is 6.07 Å². The first-order chi connectivity index (χ1) is 16.6. The molecule has 0 radical (unpaired) electrons. The minimum Gasteiger partial charge on any atom is -0.484 e. The summed E-state index contributed by atoms with van der Waals surface area (Å²) in [5, 5.41) is 2.71. The van der Waals surface area contributed by atoms with Gasteiger partial charge in [-0.15, -0.1) is 0 Å². The van der Waals surface area contributed by atoms with Crippen molar-refractivity contribution in [2.24, 2.45) is 0 Å². The molecular weight excluding hydrogens is 430 g/mol. The van der Waals surface area contributed by atoms with Crippen molar-refractivity contribution in [1.82, 2.24) is 0 Å². The SMILES string of the molecule is O=C(COc1ccc(Oc2ccccc2)cc1)Nc1ccc2c(c1)C(=O)c1ccccc1C2=O. The molecule has 0 atom stereocenters. The zero-order valence-electron chi connectivity index (χ0n) is 18.0. The quantitative estimate of drug-likeness (QED) is 0.382. The molecule has 0 bridgehead atoms. The number of fused-ring (bicyclic) bond motifs is 2. The summed E-state index contributed by atoms with van der Waals surface area (Å²) in [7, 11) is 0. The zero-order valence-corrected chi connectivity index (χ0v) is 18.0. The second-order valence-electron chi connectivity index (χ2n) is 7.69. The van der Waals surface area contributed by atoms with Crippen molar-refractivity contribution in [1.29, 1.82) is 0 Å². The van der Waals surface area contributed by atoms with Gasteiger partial charge in [-0.1, -0.05) is 42.5 Å². The van der Waals surface area contributed by atoms with Crippen LogP contribution in [0.25, 0.3) is 0 Å². The molecule has 0 aromatic heterocycles. The van der Waals surface area contributed by atoms with Crippen LogP contribution in [0.15, 0.2) is 97.1 Å². The molecule has 0 heterocycles. The first kappa shape index (κ1) is 21.2. The Bertz CT molecular complexity index is 1390. The lowest BCUT2D eigenvalue weighted by atomic mass is 9.84. The van der Waals surface area contributed by atoms with Gasteiger partial charge in [0.25, 0.3) is 5.91 Å². The highest BCUT2D eigenvalue weighted by atomic mass is 16.5. The van der Waals surface area contributed by atoms with E-state index in [-0.39, 0.29) is 29.6 Å². The highest BCUT2D eigenvalue weighted by Gasteiger charge is 2.29. The van der Waals surface area contributed by atoms with E-state index >= 15 is 0 Å². The molecular formula is C28H19NO5. The van der Waals surface area contributed by atoms with Gasteiger partial charge in [-0.25, -0.2) is 0 Å². The van der Waals surface area contributed by atoms with E-state index in [2.05, 4.69) is 5.32 Å². The number of carbonyl (C=O) groups excluding carboxylic acids is 3. The van der Waals surface area contributed by atoms with Gasteiger partial charge in [0.1, 0.15) is 17.2 Å². The molecule has 34 heavy (non-hydrogen) atoms. The fraction of sp³-hybridized carbons (Fsp3) is 0.0357. The molecule has 6 heteroatoms. The molecule has 4 aromatic rings. The number of para-hydroxylation sites is 1. The van der Waals surface area contributed by atoms with Crippen molar-refractivity contribution in [3.8, 4) is 17.2 Å². The number of ketones is 2. The van der Waals surface area contributed by atoms with Crippen molar-refractivity contribution in [2.75, 3.05) is 11.9 Å². The minimum atomic E-state index is -0.389. The highest BCUT2D eigenvalue weighted by molar-refractivity contribution is 6.28. The smallest absolute Gasteiger partial charge is 0.262 e. The molecule has 0 saturated carbocycles. The van der Waals surface area contributed by atoms with Crippen molar-refractivity contribution in [3.63, 3.8) is 0 Å². The summed E-state index contributed by atoms with van der Waals surface area (Å²) in [5.74, 6) is 1.06. The molecule has 0 unspecified atom stereocenters. The zero-order chi connectivity index (χ0) is 23.5. The average molecular weight is 449 g/mol. The number of nitrogens with one attached hydrogen (secondary N) is 1. The maximum Gasteiger partial charge on any atom is 0.262 e. The fourth-order valence-electron chi connectivity index (χ4n) is 3.75. The highest BCUT2D eigenvalue weighted by Crippen LogP contribution is 2.29. The third-order valence-electron chi connectivity index (χ3n) is 5.38. The van der Waals surface area contributed by atoms with Gasteiger partial charge in [0.05, 0.1) is 0 Å². The summed E-state index contributed by atoms with van der Waals surface area (Å²) in [5.41, 5.74) is 1.78. The van der Waals surface area contributed by atoms with Gasteiger partial charge in [0.15, 0.2) is 18.2 Å². The first-order valence-electron chi connectivity index (χ1n) is 10.7. The largest absolute Gasteiger partial charge is 0.484 e. The van der Waals surface area contributed by atoms with Crippen molar-refractivity contribution < 1.29 is 23.9 Å². The van der Waals surface area contributed by atoms with Gasteiger partial charge in [0.2, 0.25) is 0 Å². The van der Waals surface area contributed by atoms with Crippen LogP contribution in [0.1, 0.15) is 31.8 Å². The molecule has 1 aliphatic rings. The number of benzene rings is 4. The van der Waals surface area contributed by atoms with E-state index in [9.17, 15) is 14.4 Å². The van der Waals surface area contributed by atoms with Crippen LogP contribution in [-0.2, 0) is 4.79 Å². The molecule has 1 N–H and O–H groups in total. The topological polar surface area (TPSA) is 81.7 Å². The summed E-state index contributed by atoms with van der Waals surface area (Å²) in [6, 6.07) is 27.8. The molecule has 0 fully saturated rings. The molecule has 0 spiro atoms. The van der Waals surface area contributed by atoms with Gasteiger partial charge in [-0.3, -0.25) is 14.4 Å². The average Bonchev–Trinajstić information content (AvgIpc) is 2.87. The van der Waals surface area contributed by atoms with Crippen LogP contribution in [0.5, 0.6) is 17.2 Å². The predicted molar refractivity (Wildman–Crippen MR) is 127 cm³/mol. The van der Waals surface area contributed by atoms with E-state index in [0.717, 1.165) is 5.75 Å². The summed E-state index contributed by atoms with van der Waals surface area (Å²) in [6.45, 7) is -0.217. The predicted octanol–water partition coefficient (Wildman–Crippen LogP) is 5.27. The Morgan fingerprint density at radius 1 is 0.618 bits per heavy atom. The Morgan fingerprint density at radius 2 is 1.18 bits per heavy atom. The number of carbonyl (C=O) groups is 3. The van der Waals surface area contributed by atoms with Crippen molar-refractivity contribution >= 4 is 23.2 Å². The van der Waals surface area contributed by atoms with E-state index in [1.54, 1.807) is 60.7 Å². The van der Waals surface area contributed by atoms with E-state index in [0.29, 0.717) is 33.9 Å². The molecule has 166 valence electrons. The molecule has 4 aromatic carbocycles. The molecule has 1 aliphatic carbocycles. The number of amides is 1. The van der Waals surface area contributed by atoms with Gasteiger partial charge in [-0.05, 0) is 54.6 Å². The number of ether oxygens (including phenoxy) is 2. The van der Waals surface area contributed by atoms with Crippen LogP contribution in [0, 0.1) is 0 Å². The third kappa shape index (κ3) is 4.29. The maximum atomic E-state index is 12.8. The second-order valence-corrected chi connectivity index (χ2v) is 7.69. The minimum absolute atomic E-state index is 0.203. The summed E-state index contributed by atoms with van der Waals surface area (Å²) >= 11 is 0. The van der Waals surface area contributed by atoms with Crippen LogP contribution in [-0.4, -0.2) is 24.1 Å². The van der Waals surface area contributed by atoms with Crippen LogP contribution < -0.4 is 14.8 Å². The Kier molecular flexibility index (Phi) is 5.62. The second kappa shape index (κ2) is 9.03. The summed E-state index contributed by atoms with van der Waals surface area (Å²) < 4.78 is 11.3. The lowest BCUT2D eigenvalue weighted by Gasteiger charge is -2.18. The van der Waals surface area contributed by atoms with Gasteiger partial charge >= 0.3 is 0 Å². The Morgan fingerprint density at radius 3 is 1.88 bits per heavy atom. The number of hydrogen-bond acceptors (Lipinski definition) is 5. The fourth-order valence-corrected chi connectivity index (χ4v) is 3.75. The summed E-state index contributed by atoms with van der Waals surface area (Å²) in [4.78, 5) is 37.9. The number of anilines is 1. The van der Waals surface area contributed by atoms with Crippen LogP contribution in [0.4, 0.5) is 5.69 Å². The van der Waals surface area contributed by atoms with Crippen LogP contribution in [0.3, 0.4) is 0 Å². The van der Waals surface area contributed by atoms with Gasteiger partial charge in [0, 0.05) is 27.9 Å². The molecule has 5 rings (SSSR count). The van der Waals surface area contributed by atoms with Crippen LogP contribution in [0.2, 0.25) is 0 Å². The van der Waals surface area contributed by atoms with Crippen molar-refractivity contribution in [3.05, 3.63) is 119 Å². The maximum absolute atomic E-state index is 12.8. The lowest BCUT2D eigenvalue weighted by Crippen LogP contribution is -2.23. The first-order valence-corrected chi connectivity index (χ1v) is 10.7. The summed E-state index contributed by atoms with van der Waals surface area (Å²) in [6.07, 6.45) is 0.